The molecule has 0 bridgehead atoms. The molecule has 5 rings (SSSR count). The first-order valence-electron chi connectivity index (χ1n) is 11.6. The molecule has 33 heavy (non-hydrogen) atoms. The zero-order valence-corrected chi connectivity index (χ0v) is 19.5. The number of nitrogens with zero attached hydrogens (tertiary/aromatic N) is 2. The number of morpholine rings is 1. The average molecular weight is 447 g/mol. The molecular weight excluding hydrogens is 416 g/mol. The lowest BCUT2D eigenvalue weighted by atomic mass is 9.86. The second-order valence-electron chi connectivity index (χ2n) is 9.90. The van der Waals surface area contributed by atoms with Crippen molar-refractivity contribution < 1.29 is 13.9 Å². The highest BCUT2D eigenvalue weighted by Gasteiger charge is 2.42. The van der Waals surface area contributed by atoms with Crippen LogP contribution < -0.4 is 5.43 Å². The maximum atomic E-state index is 13.6. The number of carbonyl (C=O) groups is 1. The lowest BCUT2D eigenvalue weighted by Crippen LogP contribution is -2.42. The van der Waals surface area contributed by atoms with Gasteiger partial charge in [-0.1, -0.05) is 57.2 Å². The van der Waals surface area contributed by atoms with Crippen molar-refractivity contribution in [3.63, 3.8) is 0 Å². The maximum Gasteiger partial charge on any atom is 0.290 e. The monoisotopic (exact) mass is 446 g/mol. The first-order valence-corrected chi connectivity index (χ1v) is 11.6. The van der Waals surface area contributed by atoms with Gasteiger partial charge in [-0.25, -0.2) is 0 Å². The van der Waals surface area contributed by atoms with E-state index in [0.29, 0.717) is 36.3 Å². The Morgan fingerprint density at radius 2 is 1.64 bits per heavy atom. The van der Waals surface area contributed by atoms with Crippen molar-refractivity contribution in [3.05, 3.63) is 81.2 Å². The van der Waals surface area contributed by atoms with E-state index in [1.165, 1.54) is 5.56 Å². The first kappa shape index (κ1) is 21.9. The average Bonchev–Trinajstić information content (AvgIpc) is 3.10. The van der Waals surface area contributed by atoms with Crippen molar-refractivity contribution in [1.82, 2.24) is 9.80 Å². The van der Waals surface area contributed by atoms with Gasteiger partial charge in [0.2, 0.25) is 5.76 Å². The fourth-order valence-corrected chi connectivity index (χ4v) is 4.78. The summed E-state index contributed by atoms with van der Waals surface area (Å²) in [4.78, 5) is 31.2. The lowest BCUT2D eigenvalue weighted by Gasteiger charge is -2.31. The number of hydrogen-bond donors (Lipinski definition) is 0. The van der Waals surface area contributed by atoms with Crippen molar-refractivity contribution in [2.45, 2.75) is 32.2 Å². The van der Waals surface area contributed by atoms with E-state index >= 15 is 0 Å². The molecule has 1 saturated heterocycles. The maximum absolute atomic E-state index is 13.6. The Morgan fingerprint density at radius 3 is 2.33 bits per heavy atom. The van der Waals surface area contributed by atoms with E-state index < -0.39 is 6.04 Å². The van der Waals surface area contributed by atoms with Gasteiger partial charge in [-0.15, -0.1) is 0 Å². The van der Waals surface area contributed by atoms with Gasteiger partial charge in [0.15, 0.2) is 5.43 Å². The van der Waals surface area contributed by atoms with Crippen LogP contribution in [0.5, 0.6) is 0 Å². The first-order chi connectivity index (χ1) is 15.8. The smallest absolute Gasteiger partial charge is 0.290 e. The highest BCUT2D eigenvalue weighted by atomic mass is 16.5. The molecule has 2 aliphatic rings. The van der Waals surface area contributed by atoms with Gasteiger partial charge in [0, 0.05) is 26.2 Å². The van der Waals surface area contributed by atoms with Crippen molar-refractivity contribution >= 4 is 16.9 Å². The van der Waals surface area contributed by atoms with E-state index in [1.807, 2.05) is 24.3 Å². The second kappa shape index (κ2) is 8.43. The van der Waals surface area contributed by atoms with Crippen LogP contribution in [-0.4, -0.2) is 55.1 Å². The Hall–Kier alpha value is -2.96. The number of para-hydroxylation sites is 1. The summed E-state index contributed by atoms with van der Waals surface area (Å²) >= 11 is 0. The second-order valence-corrected chi connectivity index (χ2v) is 9.90. The summed E-state index contributed by atoms with van der Waals surface area (Å²) in [6.07, 6.45) is 0. The third kappa shape index (κ3) is 3.98. The van der Waals surface area contributed by atoms with Crippen LogP contribution in [0.1, 0.15) is 54.1 Å². The largest absolute Gasteiger partial charge is 0.450 e. The molecule has 0 radical (unpaired) electrons. The number of benzene rings is 2. The van der Waals surface area contributed by atoms with Gasteiger partial charge in [0.1, 0.15) is 5.58 Å². The van der Waals surface area contributed by atoms with E-state index in [0.717, 1.165) is 25.2 Å². The molecule has 3 aromatic rings. The molecule has 0 spiro atoms. The van der Waals surface area contributed by atoms with Crippen LogP contribution >= 0.6 is 0 Å². The molecule has 172 valence electrons. The minimum atomic E-state index is -0.455. The molecule has 2 aromatic carbocycles. The summed E-state index contributed by atoms with van der Waals surface area (Å²) in [5, 5.41) is 0.510. The van der Waals surface area contributed by atoms with Crippen LogP contribution in [0, 0.1) is 0 Å². The van der Waals surface area contributed by atoms with E-state index in [4.69, 9.17) is 9.15 Å². The van der Waals surface area contributed by atoms with Gasteiger partial charge in [-0.05, 0) is 28.7 Å². The topological polar surface area (TPSA) is 63.0 Å². The Morgan fingerprint density at radius 1 is 0.939 bits per heavy atom. The highest BCUT2D eigenvalue weighted by molar-refractivity contribution is 5.99. The molecule has 3 heterocycles. The van der Waals surface area contributed by atoms with Crippen LogP contribution in [-0.2, 0) is 10.2 Å². The standard InChI is InChI=1S/C27H30N2O4/c1-27(2,3)19-10-8-18(9-11-19)23-22-24(30)20-6-4-5-7-21(20)33-25(22)26(31)29(23)13-12-28-14-16-32-17-15-28/h4-11,23H,12-17H2,1-3H3. The summed E-state index contributed by atoms with van der Waals surface area (Å²) in [7, 11) is 0. The van der Waals surface area contributed by atoms with E-state index in [9.17, 15) is 9.59 Å². The molecule has 0 saturated carbocycles. The molecule has 2 aliphatic heterocycles. The molecule has 0 N–H and O–H groups in total. The molecular formula is C27H30N2O4. The van der Waals surface area contributed by atoms with Gasteiger partial charge >= 0.3 is 0 Å². The lowest BCUT2D eigenvalue weighted by molar-refractivity contribution is 0.0314. The van der Waals surface area contributed by atoms with Crippen molar-refractivity contribution in [2.75, 3.05) is 39.4 Å². The summed E-state index contributed by atoms with van der Waals surface area (Å²) < 4.78 is 11.5. The Balaban J connectivity index is 1.58. The molecule has 0 aliphatic carbocycles. The Bertz CT molecular complexity index is 1230. The highest BCUT2D eigenvalue weighted by Crippen LogP contribution is 2.38. The van der Waals surface area contributed by atoms with Gasteiger partial charge in [-0.2, -0.15) is 0 Å². The van der Waals surface area contributed by atoms with Crippen LogP contribution in [0.15, 0.2) is 57.7 Å². The summed E-state index contributed by atoms with van der Waals surface area (Å²) in [6, 6.07) is 15.0. The number of ether oxygens (including phenoxy) is 1. The molecule has 1 aromatic heterocycles. The van der Waals surface area contributed by atoms with Crippen molar-refractivity contribution in [3.8, 4) is 0 Å². The normalized spacial score (nSPS) is 19.3. The number of rotatable bonds is 4. The number of amides is 1. The zero-order chi connectivity index (χ0) is 23.2. The van der Waals surface area contributed by atoms with Crippen LogP contribution in [0.3, 0.4) is 0 Å². The predicted molar refractivity (Wildman–Crippen MR) is 128 cm³/mol. The fourth-order valence-electron chi connectivity index (χ4n) is 4.78. The summed E-state index contributed by atoms with van der Waals surface area (Å²) in [5.41, 5.74) is 2.93. The van der Waals surface area contributed by atoms with E-state index in [1.54, 1.807) is 17.0 Å². The Labute approximate surface area is 193 Å². The third-order valence-electron chi connectivity index (χ3n) is 6.73. The van der Waals surface area contributed by atoms with Crippen LogP contribution in [0.25, 0.3) is 11.0 Å². The molecule has 1 amide bonds. The fraction of sp³-hybridized carbons (Fsp3) is 0.407. The van der Waals surface area contributed by atoms with E-state index in [-0.39, 0.29) is 22.5 Å². The molecule has 1 fully saturated rings. The quantitative estimate of drug-likeness (QED) is 0.607. The summed E-state index contributed by atoms with van der Waals surface area (Å²) in [6.45, 7) is 10.9. The summed E-state index contributed by atoms with van der Waals surface area (Å²) in [5.74, 6) is -0.0448. The Kier molecular flexibility index (Phi) is 5.59. The SMILES string of the molecule is CC(C)(C)c1ccc(C2c3c(oc4ccccc4c3=O)C(=O)N2CCN2CCOCC2)cc1. The minimum Gasteiger partial charge on any atom is -0.450 e. The third-order valence-corrected chi connectivity index (χ3v) is 6.73. The van der Waals surface area contributed by atoms with Crippen molar-refractivity contribution in [1.29, 1.82) is 0 Å². The predicted octanol–water partition coefficient (Wildman–Crippen LogP) is 3.97. The molecule has 6 nitrogen and oxygen atoms in total. The minimum absolute atomic E-state index is 0.0210. The van der Waals surface area contributed by atoms with E-state index in [2.05, 4.69) is 37.8 Å². The van der Waals surface area contributed by atoms with Gasteiger partial charge in [0.25, 0.3) is 5.91 Å². The van der Waals surface area contributed by atoms with Gasteiger partial charge in [0.05, 0.1) is 30.2 Å². The number of carbonyl (C=O) groups excluding carboxylic acids is 1. The van der Waals surface area contributed by atoms with Crippen LogP contribution in [0.2, 0.25) is 0 Å². The van der Waals surface area contributed by atoms with Gasteiger partial charge in [-0.3, -0.25) is 14.5 Å². The van der Waals surface area contributed by atoms with Crippen molar-refractivity contribution in [2.24, 2.45) is 0 Å². The van der Waals surface area contributed by atoms with Crippen LogP contribution in [0.4, 0.5) is 0 Å². The molecule has 1 unspecified atom stereocenters. The zero-order valence-electron chi connectivity index (χ0n) is 19.5. The number of fused-ring (bicyclic) bond motifs is 2. The molecule has 1 atom stereocenters. The van der Waals surface area contributed by atoms with Gasteiger partial charge < -0.3 is 14.1 Å². The number of hydrogen-bond acceptors (Lipinski definition) is 5. The molecule has 6 heteroatoms.